The number of anilines is 1. The molecule has 2 heterocycles. The summed E-state index contributed by atoms with van der Waals surface area (Å²) in [6.45, 7) is 4.41. The van der Waals surface area contributed by atoms with E-state index >= 15 is 0 Å². The number of hydrogen-bond donors (Lipinski definition) is 2. The van der Waals surface area contributed by atoms with Gasteiger partial charge in [-0.2, -0.15) is 0 Å². The first-order valence-corrected chi connectivity index (χ1v) is 9.64. The van der Waals surface area contributed by atoms with E-state index in [4.69, 9.17) is 4.74 Å². The summed E-state index contributed by atoms with van der Waals surface area (Å²) < 4.78 is 32.3. The van der Waals surface area contributed by atoms with Gasteiger partial charge in [-0.1, -0.05) is 13.3 Å². The molecule has 2 N–H and O–H groups in total. The van der Waals surface area contributed by atoms with E-state index in [0.717, 1.165) is 18.4 Å². The maximum Gasteiger partial charge on any atom is 0.242 e. The molecule has 2 aromatic heterocycles. The van der Waals surface area contributed by atoms with Crippen LogP contribution in [-0.4, -0.2) is 31.5 Å². The van der Waals surface area contributed by atoms with Gasteiger partial charge in [-0.3, -0.25) is 0 Å². The quantitative estimate of drug-likeness (QED) is 0.710. The second-order valence-corrected chi connectivity index (χ2v) is 7.46. The van der Waals surface area contributed by atoms with Gasteiger partial charge in [0.25, 0.3) is 0 Å². The molecule has 1 atom stereocenters. The Hall–Kier alpha value is -2.19. The molecule has 0 radical (unpaired) electrons. The van der Waals surface area contributed by atoms with E-state index in [1.54, 1.807) is 25.4 Å². The van der Waals surface area contributed by atoms with Crippen molar-refractivity contribution in [2.24, 2.45) is 0 Å². The zero-order valence-corrected chi connectivity index (χ0v) is 15.5. The molecular formula is C17H24N4O3S. The first-order chi connectivity index (χ1) is 11.9. The van der Waals surface area contributed by atoms with E-state index in [1.807, 2.05) is 26.0 Å². The van der Waals surface area contributed by atoms with Crippen LogP contribution >= 0.6 is 0 Å². The van der Waals surface area contributed by atoms with Gasteiger partial charge >= 0.3 is 0 Å². The van der Waals surface area contributed by atoms with Crippen molar-refractivity contribution in [2.75, 3.05) is 12.4 Å². The Balaban J connectivity index is 1.99. The molecule has 0 amide bonds. The summed E-state index contributed by atoms with van der Waals surface area (Å²) in [5.41, 5.74) is 0.986. The topological polar surface area (TPSA) is 93.2 Å². The van der Waals surface area contributed by atoms with Crippen LogP contribution in [0.3, 0.4) is 0 Å². The van der Waals surface area contributed by atoms with Crippen LogP contribution in [0.25, 0.3) is 0 Å². The van der Waals surface area contributed by atoms with Crippen molar-refractivity contribution in [1.29, 1.82) is 0 Å². The van der Waals surface area contributed by atoms with Crippen molar-refractivity contribution in [3.05, 3.63) is 42.2 Å². The number of hydrogen-bond acceptors (Lipinski definition) is 6. The Morgan fingerprint density at radius 3 is 2.68 bits per heavy atom. The zero-order chi connectivity index (χ0) is 18.3. The van der Waals surface area contributed by atoms with Gasteiger partial charge in [-0.15, -0.1) is 0 Å². The number of sulfonamides is 1. The van der Waals surface area contributed by atoms with Crippen molar-refractivity contribution >= 4 is 15.8 Å². The monoisotopic (exact) mass is 364 g/mol. The van der Waals surface area contributed by atoms with E-state index in [0.29, 0.717) is 18.2 Å². The van der Waals surface area contributed by atoms with Crippen LogP contribution in [0, 0.1) is 0 Å². The van der Waals surface area contributed by atoms with E-state index in [9.17, 15) is 8.42 Å². The molecule has 0 bridgehead atoms. The molecule has 0 saturated carbocycles. The highest BCUT2D eigenvalue weighted by Gasteiger charge is 2.17. The Kier molecular flexibility index (Phi) is 6.72. The van der Waals surface area contributed by atoms with Gasteiger partial charge in [-0.25, -0.2) is 23.1 Å². The third kappa shape index (κ3) is 5.68. The van der Waals surface area contributed by atoms with Crippen LogP contribution in [0.1, 0.15) is 32.3 Å². The van der Waals surface area contributed by atoms with Crippen LogP contribution < -0.4 is 14.8 Å². The van der Waals surface area contributed by atoms with Crippen LogP contribution in [0.2, 0.25) is 0 Å². The molecule has 0 aromatic carbocycles. The summed E-state index contributed by atoms with van der Waals surface area (Å²) in [5, 5.41) is 3.14. The number of methoxy groups -OCH3 is 1. The largest absolute Gasteiger partial charge is 0.481 e. The van der Waals surface area contributed by atoms with Gasteiger partial charge in [0.1, 0.15) is 10.7 Å². The van der Waals surface area contributed by atoms with Crippen LogP contribution in [-0.2, 0) is 16.6 Å². The van der Waals surface area contributed by atoms with Crippen molar-refractivity contribution < 1.29 is 13.2 Å². The maximum atomic E-state index is 12.3. The van der Waals surface area contributed by atoms with Crippen LogP contribution in [0.4, 0.5) is 5.82 Å². The summed E-state index contributed by atoms with van der Waals surface area (Å²) >= 11 is 0. The van der Waals surface area contributed by atoms with Crippen LogP contribution in [0.5, 0.6) is 5.88 Å². The highest BCUT2D eigenvalue weighted by molar-refractivity contribution is 7.89. The summed E-state index contributed by atoms with van der Waals surface area (Å²) in [5.74, 6) is 1.14. The minimum atomic E-state index is -3.54. The Bertz CT molecular complexity index is 779. The summed E-state index contributed by atoms with van der Waals surface area (Å²) in [4.78, 5) is 8.39. The van der Waals surface area contributed by atoms with Crippen molar-refractivity contribution in [3.8, 4) is 5.88 Å². The predicted octanol–water partition coefficient (Wildman–Crippen LogP) is 2.56. The minimum Gasteiger partial charge on any atom is -0.481 e. The summed E-state index contributed by atoms with van der Waals surface area (Å²) in [6.07, 6.45) is 4.74. The van der Waals surface area contributed by atoms with Gasteiger partial charge in [-0.05, 0) is 37.1 Å². The van der Waals surface area contributed by atoms with Crippen molar-refractivity contribution in [3.63, 3.8) is 0 Å². The lowest BCUT2D eigenvalue weighted by Gasteiger charge is -2.13. The average Bonchev–Trinajstić information content (AvgIpc) is 2.60. The normalized spacial score (nSPS) is 12.6. The van der Waals surface area contributed by atoms with Crippen molar-refractivity contribution in [1.82, 2.24) is 14.7 Å². The minimum absolute atomic E-state index is 0.102. The molecule has 0 spiro atoms. The van der Waals surface area contributed by atoms with E-state index in [1.165, 1.54) is 6.20 Å². The smallest absolute Gasteiger partial charge is 0.242 e. The number of pyridine rings is 2. The summed E-state index contributed by atoms with van der Waals surface area (Å²) in [6, 6.07) is 6.79. The third-order valence-corrected chi connectivity index (χ3v) is 5.18. The number of ether oxygens (including phenoxy) is 1. The molecule has 136 valence electrons. The lowest BCUT2D eigenvalue weighted by Crippen LogP contribution is -2.32. The van der Waals surface area contributed by atoms with Gasteiger partial charge in [0, 0.05) is 31.0 Å². The fourth-order valence-electron chi connectivity index (χ4n) is 2.33. The Labute approximate surface area is 148 Å². The van der Waals surface area contributed by atoms with Crippen LogP contribution in [0.15, 0.2) is 41.6 Å². The number of nitrogens with zero attached hydrogens (tertiary/aromatic N) is 2. The number of rotatable bonds is 9. The van der Waals surface area contributed by atoms with Gasteiger partial charge < -0.3 is 10.1 Å². The van der Waals surface area contributed by atoms with E-state index < -0.39 is 10.0 Å². The molecule has 2 aromatic rings. The van der Waals surface area contributed by atoms with Crippen molar-refractivity contribution in [2.45, 2.75) is 44.2 Å². The molecule has 0 aliphatic rings. The first-order valence-electron chi connectivity index (χ1n) is 8.15. The number of aromatic nitrogens is 2. The second kappa shape index (κ2) is 8.77. The lowest BCUT2D eigenvalue weighted by atomic mass is 10.2. The molecule has 1 unspecified atom stereocenters. The van der Waals surface area contributed by atoms with Gasteiger partial charge in [0.2, 0.25) is 15.9 Å². The lowest BCUT2D eigenvalue weighted by molar-refractivity contribution is 0.397. The van der Waals surface area contributed by atoms with Gasteiger partial charge in [0.15, 0.2) is 0 Å². The van der Waals surface area contributed by atoms with E-state index in [-0.39, 0.29) is 10.9 Å². The third-order valence-electron chi connectivity index (χ3n) is 3.61. The zero-order valence-electron chi connectivity index (χ0n) is 14.7. The van der Waals surface area contributed by atoms with E-state index in [2.05, 4.69) is 20.0 Å². The number of nitrogens with one attached hydrogen (secondary N) is 2. The molecule has 7 nitrogen and oxygen atoms in total. The Morgan fingerprint density at radius 1 is 1.24 bits per heavy atom. The molecule has 0 fully saturated rings. The molecule has 0 aliphatic carbocycles. The standard InChI is InChI=1S/C17H24N4O3S/c1-4-5-13(2)21-25(22,23)15-6-7-16(20-12-15)19-11-14-8-9-18-17(10-14)24-3/h6-10,12-13,21H,4-5,11H2,1-3H3,(H,19,20). The fourth-order valence-corrected chi connectivity index (χ4v) is 3.56. The average molecular weight is 364 g/mol. The summed E-state index contributed by atoms with van der Waals surface area (Å²) in [7, 11) is -1.97. The fraction of sp³-hybridized carbons (Fsp3) is 0.412. The highest BCUT2D eigenvalue weighted by Crippen LogP contribution is 2.14. The molecule has 8 heteroatoms. The highest BCUT2D eigenvalue weighted by atomic mass is 32.2. The molecule has 0 saturated heterocycles. The molecule has 25 heavy (non-hydrogen) atoms. The second-order valence-electron chi connectivity index (χ2n) is 5.75. The first kappa shape index (κ1) is 19.1. The molecular weight excluding hydrogens is 340 g/mol. The maximum absolute atomic E-state index is 12.3. The predicted molar refractivity (Wildman–Crippen MR) is 97.0 cm³/mol. The van der Waals surface area contributed by atoms with Gasteiger partial charge in [0.05, 0.1) is 7.11 Å². The SMILES string of the molecule is CCCC(C)NS(=O)(=O)c1ccc(NCc2ccnc(OC)c2)nc1. The molecule has 2 rings (SSSR count). The molecule has 0 aliphatic heterocycles. The Morgan fingerprint density at radius 2 is 2.04 bits per heavy atom.